The number of hydrogen-bond acceptors (Lipinski definition) is 4. The molecule has 0 radical (unpaired) electrons. The van der Waals surface area contributed by atoms with Gasteiger partial charge in [-0.2, -0.15) is 5.10 Å². The second kappa shape index (κ2) is 6.10. The second-order valence-electron chi connectivity index (χ2n) is 4.45. The molecule has 3 N–H and O–H groups in total. The van der Waals surface area contributed by atoms with Crippen molar-refractivity contribution < 1.29 is 13.2 Å². The number of sulfonamides is 1. The molecule has 0 saturated heterocycles. The number of carbonyl (C=O) groups excluding carboxylic acids is 1. The van der Waals surface area contributed by atoms with Gasteiger partial charge in [-0.25, -0.2) is 17.9 Å². The minimum absolute atomic E-state index is 0.0319. The van der Waals surface area contributed by atoms with Crippen molar-refractivity contribution in [1.29, 1.82) is 0 Å². The van der Waals surface area contributed by atoms with E-state index in [1.54, 1.807) is 23.0 Å². The van der Waals surface area contributed by atoms with Gasteiger partial charge in [-0.15, -0.1) is 0 Å². The Morgan fingerprint density at radius 2 is 2.14 bits per heavy atom. The largest absolute Gasteiger partial charge is 0.337 e. The fourth-order valence-electron chi connectivity index (χ4n) is 1.82. The summed E-state index contributed by atoms with van der Waals surface area (Å²) in [5, 5.41) is 10.2. The number of fused-ring (bicyclic) bond motifs is 1. The number of rotatable bonds is 5. The van der Waals surface area contributed by atoms with Crippen molar-refractivity contribution in [2.75, 3.05) is 24.7 Å². The third kappa shape index (κ3) is 3.92. The first-order valence-electron chi connectivity index (χ1n) is 6.29. The van der Waals surface area contributed by atoms with Gasteiger partial charge >= 0.3 is 6.03 Å². The highest BCUT2D eigenvalue weighted by atomic mass is 32.2. The van der Waals surface area contributed by atoms with E-state index in [-0.39, 0.29) is 12.3 Å². The van der Waals surface area contributed by atoms with Crippen LogP contribution >= 0.6 is 0 Å². The van der Waals surface area contributed by atoms with Gasteiger partial charge in [0.1, 0.15) is 0 Å². The zero-order valence-corrected chi connectivity index (χ0v) is 12.6. The first kappa shape index (κ1) is 15.3. The molecule has 8 nitrogen and oxygen atoms in total. The number of carbonyl (C=O) groups is 1. The summed E-state index contributed by atoms with van der Waals surface area (Å²) in [6.07, 6.45) is 1.71. The Kier molecular flexibility index (Phi) is 4.43. The summed E-state index contributed by atoms with van der Waals surface area (Å²) in [5.74, 6) is -0.168. The molecule has 0 aliphatic heterocycles. The van der Waals surface area contributed by atoms with E-state index in [2.05, 4.69) is 20.5 Å². The molecule has 9 heteroatoms. The molecule has 1 heterocycles. The number of hydrogen-bond donors (Lipinski definition) is 3. The van der Waals surface area contributed by atoms with Gasteiger partial charge in [0.25, 0.3) is 0 Å². The lowest BCUT2D eigenvalue weighted by atomic mass is 10.2. The van der Waals surface area contributed by atoms with Gasteiger partial charge in [0.2, 0.25) is 10.0 Å². The van der Waals surface area contributed by atoms with E-state index in [0.29, 0.717) is 5.69 Å². The van der Waals surface area contributed by atoms with Gasteiger partial charge in [-0.05, 0) is 25.2 Å². The van der Waals surface area contributed by atoms with Crippen LogP contribution in [0.2, 0.25) is 0 Å². The Morgan fingerprint density at radius 1 is 1.38 bits per heavy atom. The zero-order valence-electron chi connectivity index (χ0n) is 11.8. The normalized spacial score (nSPS) is 11.5. The molecule has 0 atom stereocenters. The highest BCUT2D eigenvalue weighted by Crippen LogP contribution is 2.18. The lowest BCUT2D eigenvalue weighted by Gasteiger charge is -2.08. The molecule has 0 bridgehead atoms. The summed E-state index contributed by atoms with van der Waals surface area (Å²) >= 11 is 0. The summed E-state index contributed by atoms with van der Waals surface area (Å²) in [6, 6.07) is 4.95. The number of urea groups is 1. The minimum Gasteiger partial charge on any atom is -0.337 e. The number of aryl methyl sites for hydroxylation is 1. The van der Waals surface area contributed by atoms with Crippen LogP contribution in [0.25, 0.3) is 10.9 Å². The van der Waals surface area contributed by atoms with E-state index in [0.717, 1.165) is 10.9 Å². The predicted molar refractivity (Wildman–Crippen MR) is 80.6 cm³/mol. The van der Waals surface area contributed by atoms with Crippen LogP contribution < -0.4 is 15.4 Å². The maximum absolute atomic E-state index is 11.7. The SMILES string of the molecule is CNS(=O)(=O)CCNC(=O)Nc1ccc2c(cnn2C)c1. The minimum atomic E-state index is -3.32. The molecule has 1 aromatic heterocycles. The number of nitrogens with zero attached hydrogens (tertiary/aromatic N) is 2. The molecule has 1 aromatic carbocycles. The van der Waals surface area contributed by atoms with Crippen molar-refractivity contribution in [3.8, 4) is 0 Å². The van der Waals surface area contributed by atoms with E-state index < -0.39 is 16.1 Å². The highest BCUT2D eigenvalue weighted by molar-refractivity contribution is 7.89. The van der Waals surface area contributed by atoms with Crippen LogP contribution in [0, 0.1) is 0 Å². The van der Waals surface area contributed by atoms with E-state index in [1.807, 2.05) is 13.1 Å². The van der Waals surface area contributed by atoms with Crippen molar-refractivity contribution >= 4 is 32.6 Å². The number of nitrogens with one attached hydrogen (secondary N) is 3. The molecule has 0 spiro atoms. The molecule has 0 aliphatic carbocycles. The third-order valence-corrected chi connectivity index (χ3v) is 4.34. The topological polar surface area (TPSA) is 105 Å². The standard InChI is InChI=1S/C12H17N5O3S/c1-13-21(19,20)6-5-14-12(18)16-10-3-4-11-9(7-10)8-15-17(11)2/h3-4,7-8,13H,5-6H2,1-2H3,(H2,14,16,18). The zero-order chi connectivity index (χ0) is 15.5. The summed E-state index contributed by atoms with van der Waals surface area (Å²) in [6.45, 7) is 0.0319. The van der Waals surface area contributed by atoms with Crippen molar-refractivity contribution in [2.24, 2.45) is 7.05 Å². The Labute approximate surface area is 122 Å². The van der Waals surface area contributed by atoms with Crippen molar-refractivity contribution in [3.63, 3.8) is 0 Å². The Bertz CT molecular complexity index is 753. The number of amides is 2. The number of benzene rings is 1. The van der Waals surface area contributed by atoms with Crippen molar-refractivity contribution in [1.82, 2.24) is 19.8 Å². The van der Waals surface area contributed by atoms with Gasteiger partial charge in [0, 0.05) is 24.7 Å². The van der Waals surface area contributed by atoms with Gasteiger partial charge in [0.05, 0.1) is 17.5 Å². The molecule has 0 fully saturated rings. The van der Waals surface area contributed by atoms with E-state index in [4.69, 9.17) is 0 Å². The van der Waals surface area contributed by atoms with E-state index in [9.17, 15) is 13.2 Å². The molecule has 21 heavy (non-hydrogen) atoms. The smallest absolute Gasteiger partial charge is 0.319 e. The molecular weight excluding hydrogens is 294 g/mol. The summed E-state index contributed by atoms with van der Waals surface area (Å²) < 4.78 is 26.3. The maximum Gasteiger partial charge on any atom is 0.319 e. The van der Waals surface area contributed by atoms with E-state index >= 15 is 0 Å². The second-order valence-corrected chi connectivity index (χ2v) is 6.49. The lowest BCUT2D eigenvalue weighted by molar-refractivity contribution is 0.252. The van der Waals surface area contributed by atoms with Crippen LogP contribution in [0.15, 0.2) is 24.4 Å². The van der Waals surface area contributed by atoms with Gasteiger partial charge in [-0.1, -0.05) is 0 Å². The number of aromatic nitrogens is 2. The fraction of sp³-hybridized carbons (Fsp3) is 0.333. The summed E-state index contributed by atoms with van der Waals surface area (Å²) in [4.78, 5) is 11.7. The average molecular weight is 311 g/mol. The van der Waals surface area contributed by atoms with Crippen LogP contribution in [0.4, 0.5) is 10.5 Å². The summed E-state index contributed by atoms with van der Waals surface area (Å²) in [5.41, 5.74) is 1.57. The molecular formula is C12H17N5O3S. The molecule has 2 rings (SSSR count). The number of anilines is 1. The van der Waals surface area contributed by atoms with E-state index in [1.165, 1.54) is 7.05 Å². The average Bonchev–Trinajstić information content (AvgIpc) is 2.80. The molecule has 0 unspecified atom stereocenters. The quantitative estimate of drug-likeness (QED) is 0.735. The van der Waals surface area contributed by atoms with Gasteiger partial charge in [0.15, 0.2) is 0 Å². The maximum atomic E-state index is 11.7. The Morgan fingerprint density at radius 3 is 2.86 bits per heavy atom. The van der Waals surface area contributed by atoms with Crippen molar-refractivity contribution in [3.05, 3.63) is 24.4 Å². The van der Waals surface area contributed by atoms with Crippen LogP contribution in [-0.4, -0.2) is 43.6 Å². The fourth-order valence-corrected chi connectivity index (χ4v) is 2.39. The molecule has 0 aliphatic rings. The monoisotopic (exact) mass is 311 g/mol. The molecule has 2 amide bonds. The van der Waals surface area contributed by atoms with Crippen molar-refractivity contribution in [2.45, 2.75) is 0 Å². The van der Waals surface area contributed by atoms with Crippen LogP contribution in [-0.2, 0) is 17.1 Å². The molecule has 2 aromatic rings. The first-order valence-corrected chi connectivity index (χ1v) is 7.94. The summed E-state index contributed by atoms with van der Waals surface area (Å²) in [7, 11) is -0.148. The van der Waals surface area contributed by atoms with Crippen LogP contribution in [0.1, 0.15) is 0 Å². The van der Waals surface area contributed by atoms with Crippen LogP contribution in [0.5, 0.6) is 0 Å². The molecule has 0 saturated carbocycles. The van der Waals surface area contributed by atoms with Gasteiger partial charge < -0.3 is 10.6 Å². The predicted octanol–water partition coefficient (Wildman–Crippen LogP) is 0.244. The van der Waals surface area contributed by atoms with Gasteiger partial charge in [-0.3, -0.25) is 4.68 Å². The molecule has 114 valence electrons. The first-order chi connectivity index (χ1) is 9.91. The third-order valence-electron chi connectivity index (χ3n) is 2.97. The lowest BCUT2D eigenvalue weighted by Crippen LogP contribution is -2.35. The van der Waals surface area contributed by atoms with Crippen LogP contribution in [0.3, 0.4) is 0 Å². The highest BCUT2D eigenvalue weighted by Gasteiger charge is 2.08. The Hall–Kier alpha value is -2.13. The Balaban J connectivity index is 1.92.